The summed E-state index contributed by atoms with van der Waals surface area (Å²) in [5, 5.41) is 60.3. The number of aliphatic hydroxyl groups is 5. The summed E-state index contributed by atoms with van der Waals surface area (Å²) in [6.07, 6.45) is -11.7. The number of nitrogens with one attached hydrogen (secondary N) is 4. The van der Waals surface area contributed by atoms with Gasteiger partial charge in [-0.25, -0.2) is 0 Å². The SMILES string of the molecule is CCC[C@H](N)C(=O)N[C@@H]1O[C@H](CO)[C@@H](OC(=O)CCC(=O)N[C@@H]2O[C@H](CO)[C@@H](O)[C@H](O)[C@H]2NC(C)=O)[C@H](O)[C@H]1NC(C)=O. The molecule has 43 heavy (non-hydrogen) atoms. The molecule has 0 aromatic rings. The number of ether oxygens (including phenoxy) is 3. The van der Waals surface area contributed by atoms with E-state index in [4.69, 9.17) is 19.9 Å². The minimum Gasteiger partial charge on any atom is -0.457 e. The molecule has 2 rings (SSSR count). The fourth-order valence-corrected chi connectivity index (χ4v) is 4.75. The van der Waals surface area contributed by atoms with Crippen molar-refractivity contribution in [2.45, 2.75) is 114 Å². The molecule has 11 N–H and O–H groups in total. The topological polar surface area (TPSA) is 288 Å². The second-order valence-corrected chi connectivity index (χ2v) is 10.4. The maximum Gasteiger partial charge on any atom is 0.306 e. The number of hydrogen-bond donors (Lipinski definition) is 10. The highest BCUT2D eigenvalue weighted by atomic mass is 16.6. The maximum absolute atomic E-state index is 12.6. The molecule has 0 radical (unpaired) electrons. The van der Waals surface area contributed by atoms with Crippen LogP contribution in [0.4, 0.5) is 0 Å². The first kappa shape index (κ1) is 36.2. The lowest BCUT2D eigenvalue weighted by atomic mass is 9.95. The largest absolute Gasteiger partial charge is 0.457 e. The molecule has 18 heteroatoms. The van der Waals surface area contributed by atoms with Gasteiger partial charge in [-0.2, -0.15) is 0 Å². The van der Waals surface area contributed by atoms with Gasteiger partial charge >= 0.3 is 5.97 Å². The standard InChI is InChI=1S/C25H43N5O13/c1-4-5-12(26)23(40)30-25-18(28-11(3)34)21(39)22(14(9-32)42-25)43-16(36)7-6-15(35)29-24-17(27-10(2)33)20(38)19(37)13(8-31)41-24/h12-14,17-22,24-25,31-32,37-39H,4-9,26H2,1-3H3,(H,27,33)(H,28,34)(H,29,35)(H,30,40)/t12-,13+,14+,17+,18+,19+,20+,21+,22+,24+,25+/m0/s1. The average molecular weight is 622 g/mol. The van der Waals surface area contributed by atoms with Gasteiger partial charge in [0.2, 0.25) is 23.6 Å². The lowest BCUT2D eigenvalue weighted by molar-refractivity contribution is -0.218. The molecule has 0 saturated carbocycles. The molecule has 0 aliphatic carbocycles. The van der Waals surface area contributed by atoms with Gasteiger partial charge in [-0.15, -0.1) is 0 Å². The van der Waals surface area contributed by atoms with E-state index in [0.717, 1.165) is 13.8 Å². The van der Waals surface area contributed by atoms with Crippen LogP contribution < -0.4 is 27.0 Å². The quantitative estimate of drug-likeness (QED) is 0.0859. The molecule has 11 atom stereocenters. The summed E-state index contributed by atoms with van der Waals surface area (Å²) < 4.78 is 16.4. The molecule has 2 fully saturated rings. The van der Waals surface area contributed by atoms with Gasteiger partial charge in [-0.1, -0.05) is 13.3 Å². The Kier molecular flexibility index (Phi) is 14.1. The van der Waals surface area contributed by atoms with Crippen LogP contribution in [0.1, 0.15) is 46.5 Å². The predicted octanol–water partition coefficient (Wildman–Crippen LogP) is -5.44. The molecule has 2 aliphatic rings. The van der Waals surface area contributed by atoms with E-state index in [2.05, 4.69) is 21.3 Å². The highest BCUT2D eigenvalue weighted by molar-refractivity contribution is 5.82. The van der Waals surface area contributed by atoms with Crippen LogP contribution in [0.3, 0.4) is 0 Å². The van der Waals surface area contributed by atoms with E-state index < -0.39 is 123 Å². The molecular formula is C25H43N5O13. The van der Waals surface area contributed by atoms with Gasteiger partial charge < -0.3 is 66.7 Å². The Morgan fingerprint density at radius 1 is 0.791 bits per heavy atom. The number of aliphatic hydroxyl groups excluding tert-OH is 5. The second kappa shape index (κ2) is 16.8. The van der Waals surface area contributed by atoms with Crippen molar-refractivity contribution in [2.75, 3.05) is 13.2 Å². The van der Waals surface area contributed by atoms with Crippen molar-refractivity contribution >= 4 is 29.6 Å². The molecule has 2 aliphatic heterocycles. The van der Waals surface area contributed by atoms with Gasteiger partial charge in [-0.3, -0.25) is 24.0 Å². The molecule has 246 valence electrons. The van der Waals surface area contributed by atoms with Crippen molar-refractivity contribution in [3.63, 3.8) is 0 Å². The summed E-state index contributed by atoms with van der Waals surface area (Å²) in [7, 11) is 0. The Balaban J connectivity index is 2.05. The molecule has 4 amide bonds. The van der Waals surface area contributed by atoms with E-state index in [1.807, 2.05) is 6.92 Å². The first-order valence-electron chi connectivity index (χ1n) is 13.9. The van der Waals surface area contributed by atoms with Crippen LogP contribution >= 0.6 is 0 Å². The van der Waals surface area contributed by atoms with E-state index in [1.165, 1.54) is 0 Å². The van der Waals surface area contributed by atoms with E-state index in [0.29, 0.717) is 12.8 Å². The van der Waals surface area contributed by atoms with Crippen LogP contribution in [0.15, 0.2) is 0 Å². The van der Waals surface area contributed by atoms with Crippen molar-refractivity contribution in [3.05, 3.63) is 0 Å². The van der Waals surface area contributed by atoms with Crippen molar-refractivity contribution in [2.24, 2.45) is 5.73 Å². The number of nitrogens with two attached hydrogens (primary N) is 1. The van der Waals surface area contributed by atoms with Crippen LogP contribution in [0.5, 0.6) is 0 Å². The fraction of sp³-hybridized carbons (Fsp3) is 0.800. The Labute approximate surface area is 247 Å². The van der Waals surface area contributed by atoms with E-state index in [-0.39, 0.29) is 0 Å². The molecule has 0 aromatic heterocycles. The highest BCUT2D eigenvalue weighted by Gasteiger charge is 2.49. The van der Waals surface area contributed by atoms with E-state index >= 15 is 0 Å². The summed E-state index contributed by atoms with van der Waals surface area (Å²) in [6, 6.07) is -3.47. The molecular weight excluding hydrogens is 578 g/mol. The fourth-order valence-electron chi connectivity index (χ4n) is 4.75. The van der Waals surface area contributed by atoms with Gasteiger partial charge in [0.15, 0.2) is 18.6 Å². The summed E-state index contributed by atoms with van der Waals surface area (Å²) >= 11 is 0. The van der Waals surface area contributed by atoms with E-state index in [9.17, 15) is 49.5 Å². The summed E-state index contributed by atoms with van der Waals surface area (Å²) in [6.45, 7) is 2.67. The maximum atomic E-state index is 12.6. The third-order valence-corrected chi connectivity index (χ3v) is 6.91. The van der Waals surface area contributed by atoms with Crippen LogP contribution in [-0.2, 0) is 38.2 Å². The first-order chi connectivity index (χ1) is 20.2. The third-order valence-electron chi connectivity index (χ3n) is 6.91. The van der Waals surface area contributed by atoms with Crippen molar-refractivity contribution in [1.82, 2.24) is 21.3 Å². The highest BCUT2D eigenvalue weighted by Crippen LogP contribution is 2.24. The minimum atomic E-state index is -1.65. The zero-order chi connectivity index (χ0) is 32.4. The number of amides is 4. The Bertz CT molecular complexity index is 987. The number of carbonyl (C=O) groups excluding carboxylic acids is 5. The lowest BCUT2D eigenvalue weighted by Crippen LogP contribution is -2.69. The average Bonchev–Trinajstić information content (AvgIpc) is 2.94. The lowest BCUT2D eigenvalue weighted by Gasteiger charge is -2.44. The Morgan fingerprint density at radius 2 is 1.33 bits per heavy atom. The number of rotatable bonds is 13. The van der Waals surface area contributed by atoms with Gasteiger partial charge in [0.1, 0.15) is 42.6 Å². The van der Waals surface area contributed by atoms with Gasteiger partial charge in [0.05, 0.1) is 25.7 Å². The van der Waals surface area contributed by atoms with Gasteiger partial charge in [0, 0.05) is 20.3 Å². The van der Waals surface area contributed by atoms with Crippen LogP contribution in [0, 0.1) is 0 Å². The van der Waals surface area contributed by atoms with Crippen molar-refractivity contribution in [1.29, 1.82) is 0 Å². The van der Waals surface area contributed by atoms with Crippen LogP contribution in [0.2, 0.25) is 0 Å². The van der Waals surface area contributed by atoms with Gasteiger partial charge in [0.25, 0.3) is 0 Å². The summed E-state index contributed by atoms with van der Waals surface area (Å²) in [5.41, 5.74) is 5.83. The molecule has 0 unspecified atom stereocenters. The van der Waals surface area contributed by atoms with Crippen LogP contribution in [-0.4, -0.2) is 136 Å². The summed E-state index contributed by atoms with van der Waals surface area (Å²) in [5.74, 6) is -3.61. The first-order valence-corrected chi connectivity index (χ1v) is 13.9. The summed E-state index contributed by atoms with van der Waals surface area (Å²) in [4.78, 5) is 61.1. The number of hydrogen-bond acceptors (Lipinski definition) is 14. The van der Waals surface area contributed by atoms with Crippen molar-refractivity contribution < 1.29 is 63.7 Å². The van der Waals surface area contributed by atoms with Gasteiger partial charge in [-0.05, 0) is 6.42 Å². The molecule has 0 aromatic carbocycles. The van der Waals surface area contributed by atoms with E-state index in [1.54, 1.807) is 0 Å². The number of esters is 1. The molecule has 2 saturated heterocycles. The Hall–Kier alpha value is -2.97. The normalized spacial score (nSPS) is 33.0. The zero-order valence-corrected chi connectivity index (χ0v) is 24.2. The molecule has 0 bridgehead atoms. The third kappa shape index (κ3) is 10.0. The molecule has 2 heterocycles. The molecule has 0 spiro atoms. The Morgan fingerprint density at radius 3 is 1.86 bits per heavy atom. The van der Waals surface area contributed by atoms with Crippen molar-refractivity contribution in [3.8, 4) is 0 Å². The van der Waals surface area contributed by atoms with Crippen LogP contribution in [0.25, 0.3) is 0 Å². The predicted molar refractivity (Wildman–Crippen MR) is 143 cm³/mol. The zero-order valence-electron chi connectivity index (χ0n) is 24.2. The minimum absolute atomic E-state index is 0.356. The second-order valence-electron chi connectivity index (χ2n) is 10.4. The molecule has 18 nitrogen and oxygen atoms in total. The smallest absolute Gasteiger partial charge is 0.306 e. The monoisotopic (exact) mass is 621 g/mol. The number of carbonyl (C=O) groups is 5.